The number of alkyl halides is 3. The topological polar surface area (TPSA) is 21.3 Å². The Morgan fingerprint density at radius 1 is 1.33 bits per heavy atom. The van der Waals surface area contributed by atoms with Crippen molar-refractivity contribution in [3.05, 3.63) is 35.4 Å². The lowest BCUT2D eigenvalue weighted by Gasteiger charge is -2.28. The zero-order valence-corrected chi connectivity index (χ0v) is 12.4. The molecule has 0 spiro atoms. The molecule has 1 heterocycles. The van der Waals surface area contributed by atoms with Gasteiger partial charge in [-0.05, 0) is 37.1 Å². The summed E-state index contributed by atoms with van der Waals surface area (Å²) in [5.41, 5.74) is 0.107. The predicted octanol–water partition coefficient (Wildman–Crippen LogP) is 4.17. The first-order valence-electron chi connectivity index (χ1n) is 7.49. The second-order valence-corrected chi connectivity index (χ2v) is 5.43. The van der Waals surface area contributed by atoms with E-state index in [9.17, 15) is 13.2 Å². The minimum Gasteiger partial charge on any atom is -0.378 e. The molecule has 1 aliphatic heterocycles. The van der Waals surface area contributed by atoms with Crippen LogP contribution in [-0.4, -0.2) is 19.3 Å². The average Bonchev–Trinajstić information content (AvgIpc) is 2.92. The minimum absolute atomic E-state index is 0.0928. The van der Waals surface area contributed by atoms with Gasteiger partial charge in [0.25, 0.3) is 0 Å². The van der Waals surface area contributed by atoms with Gasteiger partial charge >= 0.3 is 6.18 Å². The monoisotopic (exact) mass is 301 g/mol. The molecule has 1 saturated heterocycles. The molecular formula is C16H22F3NO. The molecule has 5 heteroatoms. The van der Waals surface area contributed by atoms with Crippen LogP contribution in [0, 0.1) is 5.92 Å². The standard InChI is InChI=1S/C16H22F3NO/c1-3-14-13(8-9-21-14)15(20-4-2)11-6-5-7-12(10-11)16(17,18)19/h5-7,10,13-15,20H,3-4,8-9H2,1-2H3. The summed E-state index contributed by atoms with van der Waals surface area (Å²) in [5, 5.41) is 3.34. The summed E-state index contributed by atoms with van der Waals surface area (Å²) in [7, 11) is 0. The van der Waals surface area contributed by atoms with Crippen molar-refractivity contribution in [3.8, 4) is 0 Å². The summed E-state index contributed by atoms with van der Waals surface area (Å²) in [5.74, 6) is 0.221. The fourth-order valence-corrected chi connectivity index (χ4v) is 3.11. The second-order valence-electron chi connectivity index (χ2n) is 5.43. The van der Waals surface area contributed by atoms with Crippen LogP contribution in [0.15, 0.2) is 24.3 Å². The van der Waals surface area contributed by atoms with Gasteiger partial charge in [-0.25, -0.2) is 0 Å². The van der Waals surface area contributed by atoms with E-state index in [0.29, 0.717) is 18.7 Å². The van der Waals surface area contributed by atoms with Crippen LogP contribution in [0.4, 0.5) is 13.2 Å². The van der Waals surface area contributed by atoms with Crippen molar-refractivity contribution >= 4 is 0 Å². The van der Waals surface area contributed by atoms with Crippen LogP contribution in [0.25, 0.3) is 0 Å². The van der Waals surface area contributed by atoms with Crippen LogP contribution in [0.2, 0.25) is 0 Å². The smallest absolute Gasteiger partial charge is 0.378 e. The van der Waals surface area contributed by atoms with Gasteiger partial charge in [0, 0.05) is 18.6 Å². The van der Waals surface area contributed by atoms with Crippen molar-refractivity contribution in [2.45, 2.75) is 45.0 Å². The molecule has 0 radical (unpaired) electrons. The molecule has 1 aromatic rings. The highest BCUT2D eigenvalue weighted by atomic mass is 19.4. The van der Waals surface area contributed by atoms with E-state index in [1.165, 1.54) is 12.1 Å². The lowest BCUT2D eigenvalue weighted by atomic mass is 9.86. The number of ether oxygens (including phenoxy) is 1. The van der Waals surface area contributed by atoms with Crippen LogP contribution < -0.4 is 5.32 Å². The molecule has 2 rings (SSSR count). The van der Waals surface area contributed by atoms with Crippen molar-refractivity contribution in [2.24, 2.45) is 5.92 Å². The van der Waals surface area contributed by atoms with E-state index >= 15 is 0 Å². The molecule has 21 heavy (non-hydrogen) atoms. The van der Waals surface area contributed by atoms with Gasteiger partial charge in [0.2, 0.25) is 0 Å². The SMILES string of the molecule is CCNC(c1cccc(C(F)(F)F)c1)C1CCOC1CC. The van der Waals surface area contributed by atoms with Crippen molar-refractivity contribution in [2.75, 3.05) is 13.2 Å². The Morgan fingerprint density at radius 3 is 2.71 bits per heavy atom. The van der Waals surface area contributed by atoms with Crippen molar-refractivity contribution < 1.29 is 17.9 Å². The molecule has 0 saturated carbocycles. The van der Waals surface area contributed by atoms with E-state index in [1.54, 1.807) is 6.07 Å². The van der Waals surface area contributed by atoms with E-state index in [1.807, 2.05) is 6.92 Å². The average molecular weight is 301 g/mol. The zero-order valence-electron chi connectivity index (χ0n) is 12.4. The summed E-state index contributed by atoms with van der Waals surface area (Å²) in [6.07, 6.45) is -2.43. The van der Waals surface area contributed by atoms with Gasteiger partial charge < -0.3 is 10.1 Å². The molecule has 0 aromatic heterocycles. The van der Waals surface area contributed by atoms with E-state index in [4.69, 9.17) is 4.74 Å². The third kappa shape index (κ3) is 3.77. The number of hydrogen-bond acceptors (Lipinski definition) is 2. The number of nitrogens with one attached hydrogen (secondary N) is 1. The van der Waals surface area contributed by atoms with Gasteiger partial charge in [-0.15, -0.1) is 0 Å². The minimum atomic E-state index is -4.30. The maximum Gasteiger partial charge on any atom is 0.416 e. The van der Waals surface area contributed by atoms with Gasteiger partial charge in [-0.1, -0.05) is 26.0 Å². The molecule has 0 bridgehead atoms. The normalized spacial score (nSPS) is 24.2. The quantitative estimate of drug-likeness (QED) is 0.881. The predicted molar refractivity (Wildman–Crippen MR) is 76.0 cm³/mol. The molecule has 0 aliphatic carbocycles. The van der Waals surface area contributed by atoms with Crippen LogP contribution >= 0.6 is 0 Å². The Balaban J connectivity index is 2.30. The largest absolute Gasteiger partial charge is 0.416 e. The molecular weight excluding hydrogens is 279 g/mol. The van der Waals surface area contributed by atoms with E-state index < -0.39 is 11.7 Å². The lowest BCUT2D eigenvalue weighted by Crippen LogP contribution is -2.33. The summed E-state index contributed by atoms with van der Waals surface area (Å²) < 4.78 is 44.4. The van der Waals surface area contributed by atoms with Crippen molar-refractivity contribution in [3.63, 3.8) is 0 Å². The molecule has 118 valence electrons. The fourth-order valence-electron chi connectivity index (χ4n) is 3.11. The van der Waals surface area contributed by atoms with Crippen LogP contribution in [0.3, 0.4) is 0 Å². The number of rotatable bonds is 5. The molecule has 3 unspecified atom stereocenters. The third-order valence-corrected chi connectivity index (χ3v) is 4.09. The first kappa shape index (κ1) is 16.3. The Morgan fingerprint density at radius 2 is 2.10 bits per heavy atom. The molecule has 0 amide bonds. The molecule has 1 aliphatic rings. The maximum absolute atomic E-state index is 12.9. The lowest BCUT2D eigenvalue weighted by molar-refractivity contribution is -0.137. The van der Waals surface area contributed by atoms with Gasteiger partial charge in [0.1, 0.15) is 0 Å². The molecule has 3 atom stereocenters. The Bertz CT molecular complexity index is 461. The Kier molecular flexibility index (Phi) is 5.27. The van der Waals surface area contributed by atoms with Crippen LogP contribution in [-0.2, 0) is 10.9 Å². The first-order chi connectivity index (χ1) is 9.97. The summed E-state index contributed by atoms with van der Waals surface area (Å²) >= 11 is 0. The van der Waals surface area contributed by atoms with Crippen LogP contribution in [0.1, 0.15) is 43.9 Å². The van der Waals surface area contributed by atoms with E-state index in [-0.39, 0.29) is 18.1 Å². The highest BCUT2D eigenvalue weighted by Crippen LogP contribution is 2.37. The van der Waals surface area contributed by atoms with Gasteiger partial charge in [-0.3, -0.25) is 0 Å². The van der Waals surface area contributed by atoms with E-state index in [2.05, 4.69) is 12.2 Å². The van der Waals surface area contributed by atoms with Gasteiger partial charge in [0.15, 0.2) is 0 Å². The first-order valence-corrected chi connectivity index (χ1v) is 7.49. The molecule has 1 aromatic carbocycles. The zero-order chi connectivity index (χ0) is 15.5. The molecule has 1 fully saturated rings. The number of halogens is 3. The van der Waals surface area contributed by atoms with Gasteiger partial charge in [0.05, 0.1) is 11.7 Å². The maximum atomic E-state index is 12.9. The number of hydrogen-bond donors (Lipinski definition) is 1. The highest BCUT2D eigenvalue weighted by Gasteiger charge is 2.36. The molecule has 1 N–H and O–H groups in total. The Labute approximate surface area is 123 Å². The summed E-state index contributed by atoms with van der Waals surface area (Å²) in [6.45, 7) is 5.42. The Hall–Kier alpha value is -1.07. The summed E-state index contributed by atoms with van der Waals surface area (Å²) in [4.78, 5) is 0. The number of benzene rings is 1. The van der Waals surface area contributed by atoms with Gasteiger partial charge in [-0.2, -0.15) is 13.2 Å². The molecule has 2 nitrogen and oxygen atoms in total. The second kappa shape index (κ2) is 6.79. The van der Waals surface area contributed by atoms with Crippen molar-refractivity contribution in [1.29, 1.82) is 0 Å². The van der Waals surface area contributed by atoms with Crippen LogP contribution in [0.5, 0.6) is 0 Å². The highest BCUT2D eigenvalue weighted by molar-refractivity contribution is 5.29. The third-order valence-electron chi connectivity index (χ3n) is 4.09. The van der Waals surface area contributed by atoms with Crippen molar-refractivity contribution in [1.82, 2.24) is 5.32 Å². The van der Waals surface area contributed by atoms with E-state index in [0.717, 1.165) is 18.9 Å². The summed E-state index contributed by atoms with van der Waals surface area (Å²) in [6, 6.07) is 5.55. The fraction of sp³-hybridized carbons (Fsp3) is 0.625.